The molecule has 5 heteroatoms. The Morgan fingerprint density at radius 2 is 2.12 bits per heavy atom. The minimum Gasteiger partial charge on any atom is -0.383 e. The molecule has 1 rings (SSSR count). The molecule has 0 aromatic heterocycles. The molecule has 17 heavy (non-hydrogen) atoms. The van der Waals surface area contributed by atoms with E-state index in [2.05, 4.69) is 17.6 Å². The maximum atomic E-state index is 12.9. The van der Waals surface area contributed by atoms with Gasteiger partial charge in [0.2, 0.25) is 0 Å². The number of anilines is 1. The molecule has 0 heterocycles. The monoisotopic (exact) mass is 239 g/mol. The Labute approximate surface area is 100 Å². The van der Waals surface area contributed by atoms with Crippen LogP contribution in [0.2, 0.25) is 0 Å². The van der Waals surface area contributed by atoms with Gasteiger partial charge in [-0.2, -0.15) is 0 Å². The van der Waals surface area contributed by atoms with Gasteiger partial charge < -0.3 is 16.4 Å². The molecule has 1 aromatic carbocycles. The maximum absolute atomic E-state index is 12.9. The van der Waals surface area contributed by atoms with E-state index < -0.39 is 11.7 Å². The Morgan fingerprint density at radius 1 is 1.35 bits per heavy atom. The van der Waals surface area contributed by atoms with E-state index in [1.807, 2.05) is 0 Å². The predicted octanol–water partition coefficient (Wildman–Crippen LogP) is 1.34. The van der Waals surface area contributed by atoms with Crippen molar-refractivity contribution in [1.82, 2.24) is 5.32 Å². The molecule has 0 atom stereocenters. The highest BCUT2D eigenvalue weighted by Crippen LogP contribution is 2.15. The smallest absolute Gasteiger partial charge is 0.250 e. The lowest BCUT2D eigenvalue weighted by Crippen LogP contribution is -2.24. The zero-order valence-corrected chi connectivity index (χ0v) is 9.92. The minimum atomic E-state index is -0.631. The van der Waals surface area contributed by atoms with Crippen molar-refractivity contribution in [2.75, 3.05) is 25.0 Å². The second-order valence-corrected chi connectivity index (χ2v) is 3.73. The standard InChI is InChI=1S/C12H18FN3O/c1-2-5-15-6-7-16-11-4-3-9(13)8-10(11)12(14)17/h3-4,8,15-16H,2,5-7H2,1H3,(H2,14,17). The number of amides is 1. The van der Waals surface area contributed by atoms with Crippen LogP contribution in [0.25, 0.3) is 0 Å². The van der Waals surface area contributed by atoms with Crippen molar-refractivity contribution >= 4 is 11.6 Å². The summed E-state index contributed by atoms with van der Waals surface area (Å²) in [5.41, 5.74) is 5.92. The Balaban J connectivity index is 2.55. The fourth-order valence-electron chi connectivity index (χ4n) is 1.46. The zero-order valence-electron chi connectivity index (χ0n) is 9.92. The van der Waals surface area contributed by atoms with Crippen LogP contribution in [0.1, 0.15) is 23.7 Å². The summed E-state index contributed by atoms with van der Waals surface area (Å²) in [4.78, 5) is 11.1. The van der Waals surface area contributed by atoms with Gasteiger partial charge in [-0.1, -0.05) is 6.92 Å². The second-order valence-electron chi connectivity index (χ2n) is 3.73. The molecule has 1 aromatic rings. The quantitative estimate of drug-likeness (QED) is 0.629. The van der Waals surface area contributed by atoms with E-state index in [0.29, 0.717) is 12.2 Å². The van der Waals surface area contributed by atoms with E-state index in [-0.39, 0.29) is 5.56 Å². The van der Waals surface area contributed by atoms with Crippen molar-refractivity contribution in [3.8, 4) is 0 Å². The summed E-state index contributed by atoms with van der Waals surface area (Å²) in [6, 6.07) is 3.97. The Bertz CT molecular complexity index is 382. The van der Waals surface area contributed by atoms with Crippen molar-refractivity contribution in [3.05, 3.63) is 29.6 Å². The SMILES string of the molecule is CCCNCCNc1ccc(F)cc1C(N)=O. The predicted molar refractivity (Wildman–Crippen MR) is 66.6 cm³/mol. The van der Waals surface area contributed by atoms with Crippen molar-refractivity contribution in [1.29, 1.82) is 0 Å². The van der Waals surface area contributed by atoms with E-state index >= 15 is 0 Å². The summed E-state index contributed by atoms with van der Waals surface area (Å²) in [7, 11) is 0. The van der Waals surface area contributed by atoms with Crippen molar-refractivity contribution in [2.45, 2.75) is 13.3 Å². The molecule has 0 saturated heterocycles. The third kappa shape index (κ3) is 4.40. The summed E-state index contributed by atoms with van der Waals surface area (Å²) >= 11 is 0. The van der Waals surface area contributed by atoms with Crippen molar-refractivity contribution in [3.63, 3.8) is 0 Å². The first-order valence-electron chi connectivity index (χ1n) is 5.69. The number of hydrogen-bond donors (Lipinski definition) is 3. The Kier molecular flexibility index (Phi) is 5.42. The van der Waals surface area contributed by atoms with Gasteiger partial charge in [-0.25, -0.2) is 4.39 Å². The topological polar surface area (TPSA) is 67.2 Å². The first-order valence-corrected chi connectivity index (χ1v) is 5.69. The molecule has 94 valence electrons. The maximum Gasteiger partial charge on any atom is 0.250 e. The lowest BCUT2D eigenvalue weighted by Gasteiger charge is -2.10. The highest BCUT2D eigenvalue weighted by atomic mass is 19.1. The van der Waals surface area contributed by atoms with Gasteiger partial charge in [0, 0.05) is 18.8 Å². The van der Waals surface area contributed by atoms with Gasteiger partial charge in [0.1, 0.15) is 5.82 Å². The fraction of sp³-hybridized carbons (Fsp3) is 0.417. The molecular weight excluding hydrogens is 221 g/mol. The number of benzene rings is 1. The van der Waals surface area contributed by atoms with Crippen LogP contribution < -0.4 is 16.4 Å². The second kappa shape index (κ2) is 6.85. The minimum absolute atomic E-state index is 0.181. The van der Waals surface area contributed by atoms with Gasteiger partial charge in [0.25, 0.3) is 5.91 Å². The zero-order chi connectivity index (χ0) is 12.7. The van der Waals surface area contributed by atoms with Gasteiger partial charge in [-0.15, -0.1) is 0 Å². The molecule has 0 radical (unpaired) electrons. The van der Waals surface area contributed by atoms with Crippen LogP contribution in [-0.4, -0.2) is 25.5 Å². The van der Waals surface area contributed by atoms with E-state index in [0.717, 1.165) is 25.6 Å². The molecule has 0 saturated carbocycles. The first-order chi connectivity index (χ1) is 8.15. The largest absolute Gasteiger partial charge is 0.383 e. The van der Waals surface area contributed by atoms with E-state index in [9.17, 15) is 9.18 Å². The average molecular weight is 239 g/mol. The molecule has 0 aliphatic rings. The lowest BCUT2D eigenvalue weighted by molar-refractivity contribution is 0.100. The summed E-state index contributed by atoms with van der Waals surface area (Å²) < 4.78 is 12.9. The van der Waals surface area contributed by atoms with Gasteiger partial charge in [0.05, 0.1) is 5.56 Å². The van der Waals surface area contributed by atoms with E-state index in [1.165, 1.54) is 12.1 Å². The fourth-order valence-corrected chi connectivity index (χ4v) is 1.46. The molecular formula is C12H18FN3O. The van der Waals surface area contributed by atoms with E-state index in [4.69, 9.17) is 5.73 Å². The van der Waals surface area contributed by atoms with E-state index in [1.54, 1.807) is 0 Å². The van der Waals surface area contributed by atoms with Gasteiger partial charge >= 0.3 is 0 Å². The Morgan fingerprint density at radius 3 is 2.76 bits per heavy atom. The number of nitrogens with one attached hydrogen (secondary N) is 2. The summed E-state index contributed by atoms with van der Waals surface area (Å²) in [6.07, 6.45) is 1.07. The lowest BCUT2D eigenvalue weighted by atomic mass is 10.1. The van der Waals surface area contributed by atoms with Gasteiger partial charge in [-0.05, 0) is 31.2 Å². The molecule has 4 nitrogen and oxygen atoms in total. The number of halogens is 1. The van der Waals surface area contributed by atoms with Crippen LogP contribution in [0.3, 0.4) is 0 Å². The average Bonchev–Trinajstić information content (AvgIpc) is 2.30. The Hall–Kier alpha value is -1.62. The van der Waals surface area contributed by atoms with Gasteiger partial charge in [-0.3, -0.25) is 4.79 Å². The number of carbonyl (C=O) groups is 1. The molecule has 0 spiro atoms. The third-order valence-corrected chi connectivity index (χ3v) is 2.29. The number of primary amides is 1. The highest BCUT2D eigenvalue weighted by Gasteiger charge is 2.08. The van der Waals surface area contributed by atoms with Crippen LogP contribution in [0.15, 0.2) is 18.2 Å². The molecule has 1 amide bonds. The van der Waals surface area contributed by atoms with Crippen LogP contribution >= 0.6 is 0 Å². The van der Waals surface area contributed by atoms with Crippen LogP contribution in [0.5, 0.6) is 0 Å². The van der Waals surface area contributed by atoms with Crippen molar-refractivity contribution in [2.24, 2.45) is 5.73 Å². The van der Waals surface area contributed by atoms with Crippen LogP contribution in [0.4, 0.5) is 10.1 Å². The third-order valence-electron chi connectivity index (χ3n) is 2.29. The highest BCUT2D eigenvalue weighted by molar-refractivity contribution is 5.98. The molecule has 4 N–H and O–H groups in total. The summed E-state index contributed by atoms with van der Waals surface area (Å²) in [5, 5.41) is 6.26. The number of nitrogens with two attached hydrogens (primary N) is 1. The molecule has 0 aliphatic carbocycles. The molecule has 0 bridgehead atoms. The number of rotatable bonds is 7. The number of hydrogen-bond acceptors (Lipinski definition) is 3. The molecule has 0 unspecified atom stereocenters. The van der Waals surface area contributed by atoms with Crippen LogP contribution in [-0.2, 0) is 0 Å². The first kappa shape index (κ1) is 13.4. The molecule has 0 aliphatic heterocycles. The van der Waals surface area contributed by atoms with Gasteiger partial charge in [0.15, 0.2) is 0 Å². The number of carbonyl (C=O) groups excluding carboxylic acids is 1. The summed E-state index contributed by atoms with van der Waals surface area (Å²) in [6.45, 7) is 4.48. The van der Waals surface area contributed by atoms with Crippen molar-refractivity contribution < 1.29 is 9.18 Å². The summed E-state index contributed by atoms with van der Waals surface area (Å²) in [5.74, 6) is -1.10. The van der Waals surface area contributed by atoms with Crippen LogP contribution in [0, 0.1) is 5.82 Å². The molecule has 0 fully saturated rings. The normalized spacial score (nSPS) is 10.2.